The fourth-order valence-corrected chi connectivity index (χ4v) is 1.58. The number of nitrogens with one attached hydrogen (secondary N) is 1. The summed E-state index contributed by atoms with van der Waals surface area (Å²) in [4.78, 5) is 0. The van der Waals surface area contributed by atoms with Gasteiger partial charge in [0.2, 0.25) is 0 Å². The van der Waals surface area contributed by atoms with E-state index in [9.17, 15) is 13.2 Å². The third kappa shape index (κ3) is 5.48. The van der Waals surface area contributed by atoms with Crippen molar-refractivity contribution in [2.75, 3.05) is 20.3 Å². The highest BCUT2D eigenvalue weighted by molar-refractivity contribution is 5.37. The van der Waals surface area contributed by atoms with Gasteiger partial charge in [0.15, 0.2) is 0 Å². The summed E-state index contributed by atoms with van der Waals surface area (Å²) >= 11 is 0. The van der Waals surface area contributed by atoms with E-state index in [1.165, 1.54) is 0 Å². The first-order valence-electron chi connectivity index (χ1n) is 5.95. The number of alkyl halides is 3. The van der Waals surface area contributed by atoms with Gasteiger partial charge >= 0.3 is 6.36 Å². The molecule has 1 atom stereocenters. The van der Waals surface area contributed by atoms with Crippen molar-refractivity contribution in [3.05, 3.63) is 29.3 Å². The maximum Gasteiger partial charge on any atom is 0.522 e. The largest absolute Gasteiger partial charge is 0.522 e. The van der Waals surface area contributed by atoms with Crippen molar-refractivity contribution in [1.82, 2.24) is 5.32 Å². The van der Waals surface area contributed by atoms with Crippen molar-refractivity contribution in [3.8, 4) is 5.75 Å². The molecule has 1 aromatic rings. The summed E-state index contributed by atoms with van der Waals surface area (Å²) in [5.74, 6) is 0.567. The normalized spacial score (nSPS) is 13.4. The van der Waals surface area contributed by atoms with Gasteiger partial charge in [-0.25, -0.2) is 0 Å². The monoisotopic (exact) mass is 277 g/mol. The Morgan fingerprint density at radius 1 is 1.26 bits per heavy atom. The van der Waals surface area contributed by atoms with E-state index < -0.39 is 13.0 Å². The van der Waals surface area contributed by atoms with Crippen LogP contribution in [0.25, 0.3) is 0 Å². The van der Waals surface area contributed by atoms with Crippen LogP contribution in [0.2, 0.25) is 0 Å². The fourth-order valence-electron chi connectivity index (χ4n) is 1.58. The highest BCUT2D eigenvalue weighted by atomic mass is 19.4. The second-order valence-electron chi connectivity index (χ2n) is 4.18. The summed E-state index contributed by atoms with van der Waals surface area (Å²) < 4.78 is 44.2. The van der Waals surface area contributed by atoms with Crippen LogP contribution in [0.4, 0.5) is 13.2 Å². The van der Waals surface area contributed by atoms with Crippen molar-refractivity contribution in [2.45, 2.75) is 26.3 Å². The van der Waals surface area contributed by atoms with Crippen LogP contribution in [0, 0.1) is 6.92 Å². The average molecular weight is 277 g/mol. The number of rotatable bonds is 6. The lowest BCUT2D eigenvalue weighted by molar-refractivity contribution is -0.325. The van der Waals surface area contributed by atoms with E-state index in [0.29, 0.717) is 5.75 Å². The Morgan fingerprint density at radius 3 is 2.47 bits per heavy atom. The Kier molecular flexibility index (Phi) is 5.62. The van der Waals surface area contributed by atoms with Crippen LogP contribution in [0.15, 0.2) is 18.2 Å². The molecule has 0 spiro atoms. The van der Waals surface area contributed by atoms with Crippen LogP contribution < -0.4 is 10.1 Å². The lowest BCUT2D eigenvalue weighted by Crippen LogP contribution is -2.18. The van der Waals surface area contributed by atoms with Crippen molar-refractivity contribution in [3.63, 3.8) is 0 Å². The third-order valence-corrected chi connectivity index (χ3v) is 2.74. The lowest BCUT2D eigenvalue weighted by atomic mass is 10.1. The lowest BCUT2D eigenvalue weighted by Gasteiger charge is -2.14. The number of ether oxygens (including phenoxy) is 2. The number of benzene rings is 1. The Hall–Kier alpha value is -1.27. The number of halogens is 3. The minimum absolute atomic E-state index is 0.138. The number of aryl methyl sites for hydroxylation is 1. The van der Waals surface area contributed by atoms with Crippen LogP contribution in [0.5, 0.6) is 5.75 Å². The van der Waals surface area contributed by atoms with E-state index in [0.717, 1.165) is 11.1 Å². The van der Waals surface area contributed by atoms with Gasteiger partial charge in [-0.05, 0) is 38.1 Å². The van der Waals surface area contributed by atoms with Crippen molar-refractivity contribution in [2.24, 2.45) is 0 Å². The van der Waals surface area contributed by atoms with Gasteiger partial charge in [0.25, 0.3) is 0 Å². The van der Waals surface area contributed by atoms with Gasteiger partial charge in [0, 0.05) is 6.04 Å². The van der Waals surface area contributed by atoms with Crippen LogP contribution in [-0.2, 0) is 4.74 Å². The fraction of sp³-hybridized carbons (Fsp3) is 0.538. The van der Waals surface area contributed by atoms with Crippen molar-refractivity contribution < 1.29 is 22.6 Å². The van der Waals surface area contributed by atoms with Crippen LogP contribution >= 0.6 is 0 Å². The first-order chi connectivity index (χ1) is 8.83. The van der Waals surface area contributed by atoms with E-state index >= 15 is 0 Å². The highest BCUT2D eigenvalue weighted by Crippen LogP contribution is 2.23. The van der Waals surface area contributed by atoms with E-state index in [-0.39, 0.29) is 12.6 Å². The van der Waals surface area contributed by atoms with Gasteiger partial charge in [-0.1, -0.05) is 12.1 Å². The predicted molar refractivity (Wildman–Crippen MR) is 66.2 cm³/mol. The molecule has 0 fully saturated rings. The summed E-state index contributed by atoms with van der Waals surface area (Å²) in [5, 5.41) is 3.11. The van der Waals surface area contributed by atoms with E-state index in [1.54, 1.807) is 6.07 Å². The molecule has 0 aliphatic heterocycles. The summed E-state index contributed by atoms with van der Waals surface area (Å²) in [6.45, 7) is 3.22. The zero-order valence-corrected chi connectivity index (χ0v) is 11.2. The standard InChI is InChI=1S/C13H18F3NO2/c1-9-8-11(10(2)17-3)4-5-12(9)18-6-7-19-13(14,15)16/h4-5,8,10,17H,6-7H2,1-3H3. The van der Waals surface area contributed by atoms with E-state index in [2.05, 4.69) is 10.1 Å². The minimum atomic E-state index is -4.61. The van der Waals surface area contributed by atoms with Crippen LogP contribution in [-0.4, -0.2) is 26.6 Å². The molecule has 3 nitrogen and oxygen atoms in total. The molecule has 108 valence electrons. The zero-order chi connectivity index (χ0) is 14.5. The van der Waals surface area contributed by atoms with Crippen molar-refractivity contribution in [1.29, 1.82) is 0 Å². The van der Waals surface area contributed by atoms with E-state index in [4.69, 9.17) is 4.74 Å². The first-order valence-corrected chi connectivity index (χ1v) is 5.95. The van der Waals surface area contributed by atoms with E-state index in [1.807, 2.05) is 33.0 Å². The number of hydrogen-bond acceptors (Lipinski definition) is 3. The van der Waals surface area contributed by atoms with Gasteiger partial charge in [-0.2, -0.15) is 0 Å². The molecule has 19 heavy (non-hydrogen) atoms. The second-order valence-corrected chi connectivity index (χ2v) is 4.18. The van der Waals surface area contributed by atoms with Gasteiger partial charge < -0.3 is 10.1 Å². The smallest absolute Gasteiger partial charge is 0.491 e. The maximum atomic E-state index is 11.8. The summed E-state index contributed by atoms with van der Waals surface area (Å²) in [6.07, 6.45) is -4.61. The molecule has 0 bridgehead atoms. The van der Waals surface area contributed by atoms with Gasteiger partial charge in [0.1, 0.15) is 12.4 Å². The molecule has 1 rings (SSSR count). The first kappa shape index (κ1) is 15.8. The molecule has 0 heterocycles. The molecule has 6 heteroatoms. The Labute approximate surface area is 110 Å². The zero-order valence-electron chi connectivity index (χ0n) is 11.2. The van der Waals surface area contributed by atoms with Gasteiger partial charge in [-0.3, -0.25) is 4.74 Å². The topological polar surface area (TPSA) is 30.5 Å². The maximum absolute atomic E-state index is 11.8. The molecule has 0 radical (unpaired) electrons. The average Bonchev–Trinajstić information content (AvgIpc) is 2.33. The number of hydrogen-bond donors (Lipinski definition) is 1. The highest BCUT2D eigenvalue weighted by Gasteiger charge is 2.28. The second kappa shape index (κ2) is 6.77. The molecular weight excluding hydrogens is 259 g/mol. The summed E-state index contributed by atoms with van der Waals surface area (Å²) in [6, 6.07) is 5.79. The Bertz CT molecular complexity index is 407. The summed E-state index contributed by atoms with van der Waals surface area (Å²) in [7, 11) is 1.86. The molecular formula is C13H18F3NO2. The molecule has 0 aromatic heterocycles. The molecule has 0 aliphatic carbocycles. The molecule has 1 N–H and O–H groups in total. The molecule has 0 saturated heterocycles. The SMILES string of the molecule is CNC(C)c1ccc(OCCOC(F)(F)F)c(C)c1. The van der Waals surface area contributed by atoms with Gasteiger partial charge in [0.05, 0.1) is 6.61 Å². The van der Waals surface area contributed by atoms with Gasteiger partial charge in [-0.15, -0.1) is 13.2 Å². The van der Waals surface area contributed by atoms with Crippen LogP contribution in [0.3, 0.4) is 0 Å². The molecule has 1 unspecified atom stereocenters. The molecule has 0 saturated carbocycles. The molecule has 0 aliphatic rings. The predicted octanol–water partition coefficient (Wildman–Crippen LogP) is 3.19. The Morgan fingerprint density at radius 2 is 1.95 bits per heavy atom. The Balaban J connectivity index is 2.51. The van der Waals surface area contributed by atoms with Crippen molar-refractivity contribution >= 4 is 0 Å². The molecule has 1 aromatic carbocycles. The third-order valence-electron chi connectivity index (χ3n) is 2.74. The quantitative estimate of drug-likeness (QED) is 0.810. The van der Waals surface area contributed by atoms with Crippen LogP contribution in [0.1, 0.15) is 24.1 Å². The minimum Gasteiger partial charge on any atom is -0.491 e. The molecule has 0 amide bonds. The summed E-state index contributed by atoms with van der Waals surface area (Å²) in [5.41, 5.74) is 1.98.